The molecule has 1 N–H and O–H groups in total. The highest BCUT2D eigenvalue weighted by atomic mass is 32.2. The van der Waals surface area contributed by atoms with E-state index < -0.39 is 0 Å². The summed E-state index contributed by atoms with van der Waals surface area (Å²) < 4.78 is 0. The van der Waals surface area contributed by atoms with Crippen molar-refractivity contribution in [1.82, 2.24) is 0 Å². The number of nitrogens with zero attached hydrogens (tertiary/aromatic N) is 2. The lowest BCUT2D eigenvalue weighted by Gasteiger charge is -2.09. The standard InChI is InChI=1S/C19H17N3OS2/c20-9-13-4-3-5-14(8-13)11-24-12-18(23)22-19-16(10-21)15-6-1-2-7-17(15)25-19/h3-5,8H,1-2,6-7,11-12H2,(H,22,23). The van der Waals surface area contributed by atoms with Crippen LogP contribution in [0.15, 0.2) is 24.3 Å². The molecule has 1 aromatic heterocycles. The smallest absolute Gasteiger partial charge is 0.235 e. The number of thioether (sulfide) groups is 1. The Morgan fingerprint density at radius 2 is 2.08 bits per heavy atom. The first-order valence-corrected chi connectivity index (χ1v) is 10.1. The van der Waals surface area contributed by atoms with E-state index in [0.717, 1.165) is 36.8 Å². The van der Waals surface area contributed by atoms with Gasteiger partial charge < -0.3 is 5.32 Å². The third kappa shape index (κ3) is 4.22. The predicted molar refractivity (Wildman–Crippen MR) is 102 cm³/mol. The second kappa shape index (κ2) is 8.20. The number of fused-ring (bicyclic) bond motifs is 1. The van der Waals surface area contributed by atoms with Crippen LogP contribution in [0.3, 0.4) is 0 Å². The number of rotatable bonds is 5. The average molecular weight is 367 g/mol. The fourth-order valence-electron chi connectivity index (χ4n) is 2.93. The molecular weight excluding hydrogens is 350 g/mol. The lowest BCUT2D eigenvalue weighted by atomic mass is 9.96. The molecule has 0 fully saturated rings. The van der Waals surface area contributed by atoms with Gasteiger partial charge in [-0.05, 0) is 48.9 Å². The Morgan fingerprint density at radius 3 is 2.88 bits per heavy atom. The van der Waals surface area contributed by atoms with Crippen molar-refractivity contribution in [3.8, 4) is 12.1 Å². The molecule has 0 bridgehead atoms. The summed E-state index contributed by atoms with van der Waals surface area (Å²) in [5.41, 5.74) is 3.45. The van der Waals surface area contributed by atoms with Gasteiger partial charge >= 0.3 is 0 Å². The Labute approximate surface area is 155 Å². The number of benzene rings is 1. The lowest BCUT2D eigenvalue weighted by molar-refractivity contribution is -0.113. The molecule has 1 amide bonds. The Morgan fingerprint density at radius 1 is 1.24 bits per heavy atom. The van der Waals surface area contributed by atoms with E-state index in [1.807, 2.05) is 18.2 Å². The molecule has 4 nitrogen and oxygen atoms in total. The van der Waals surface area contributed by atoms with Crippen molar-refractivity contribution in [3.63, 3.8) is 0 Å². The van der Waals surface area contributed by atoms with Crippen LogP contribution < -0.4 is 5.32 Å². The quantitative estimate of drug-likeness (QED) is 0.857. The molecule has 3 rings (SSSR count). The molecule has 126 valence electrons. The number of carbonyl (C=O) groups is 1. The van der Waals surface area contributed by atoms with Crippen LogP contribution in [-0.4, -0.2) is 11.7 Å². The predicted octanol–water partition coefficient (Wildman–Crippen LogP) is 4.24. The summed E-state index contributed by atoms with van der Waals surface area (Å²) in [5, 5.41) is 21.9. The van der Waals surface area contributed by atoms with Crippen molar-refractivity contribution in [2.75, 3.05) is 11.1 Å². The van der Waals surface area contributed by atoms with E-state index in [1.54, 1.807) is 17.4 Å². The average Bonchev–Trinajstić information content (AvgIpc) is 2.98. The summed E-state index contributed by atoms with van der Waals surface area (Å²) in [5.74, 6) is 0.913. The van der Waals surface area contributed by atoms with Crippen molar-refractivity contribution in [1.29, 1.82) is 10.5 Å². The van der Waals surface area contributed by atoms with Gasteiger partial charge in [0, 0.05) is 10.6 Å². The van der Waals surface area contributed by atoms with Crippen LogP contribution >= 0.6 is 23.1 Å². The fraction of sp³-hybridized carbons (Fsp3) is 0.316. The largest absolute Gasteiger partial charge is 0.316 e. The second-order valence-electron chi connectivity index (χ2n) is 5.88. The molecule has 6 heteroatoms. The molecule has 0 saturated heterocycles. The molecule has 0 atom stereocenters. The van der Waals surface area contributed by atoms with Crippen LogP contribution in [0.25, 0.3) is 0 Å². The summed E-state index contributed by atoms with van der Waals surface area (Å²) in [6.07, 6.45) is 4.22. The van der Waals surface area contributed by atoms with Gasteiger partial charge in [-0.3, -0.25) is 4.79 Å². The number of anilines is 1. The first-order chi connectivity index (χ1) is 12.2. The van der Waals surface area contributed by atoms with E-state index >= 15 is 0 Å². The Balaban J connectivity index is 1.57. The van der Waals surface area contributed by atoms with Crippen molar-refractivity contribution >= 4 is 34.0 Å². The first kappa shape index (κ1) is 17.5. The summed E-state index contributed by atoms with van der Waals surface area (Å²) in [6.45, 7) is 0. The third-order valence-corrected chi connectivity index (χ3v) is 6.31. The zero-order valence-corrected chi connectivity index (χ0v) is 15.3. The zero-order chi connectivity index (χ0) is 17.6. The van der Waals surface area contributed by atoms with E-state index in [0.29, 0.717) is 27.6 Å². The van der Waals surface area contributed by atoms with Gasteiger partial charge in [0.15, 0.2) is 0 Å². The maximum Gasteiger partial charge on any atom is 0.235 e. The molecule has 0 saturated carbocycles. The number of thiophene rings is 1. The van der Waals surface area contributed by atoms with E-state index in [4.69, 9.17) is 5.26 Å². The van der Waals surface area contributed by atoms with Crippen LogP contribution in [0.2, 0.25) is 0 Å². The van der Waals surface area contributed by atoms with Gasteiger partial charge in [-0.1, -0.05) is 12.1 Å². The van der Waals surface area contributed by atoms with E-state index in [2.05, 4.69) is 17.5 Å². The van der Waals surface area contributed by atoms with E-state index in [1.165, 1.54) is 16.6 Å². The number of nitriles is 2. The maximum atomic E-state index is 12.2. The summed E-state index contributed by atoms with van der Waals surface area (Å²) in [7, 11) is 0. The Kier molecular flexibility index (Phi) is 5.75. The highest BCUT2D eigenvalue weighted by molar-refractivity contribution is 7.99. The summed E-state index contributed by atoms with van der Waals surface area (Å²) in [6, 6.07) is 11.8. The topological polar surface area (TPSA) is 76.7 Å². The van der Waals surface area contributed by atoms with Crippen LogP contribution in [0.1, 0.15) is 40.0 Å². The van der Waals surface area contributed by atoms with Crippen molar-refractivity contribution in [2.24, 2.45) is 0 Å². The van der Waals surface area contributed by atoms with E-state index in [-0.39, 0.29) is 5.91 Å². The van der Waals surface area contributed by atoms with Crippen molar-refractivity contribution < 1.29 is 4.79 Å². The van der Waals surface area contributed by atoms with Gasteiger partial charge in [0.2, 0.25) is 5.91 Å². The number of aryl methyl sites for hydroxylation is 1. The minimum atomic E-state index is -0.0865. The molecule has 1 aromatic carbocycles. The van der Waals surface area contributed by atoms with Gasteiger partial charge in [-0.2, -0.15) is 10.5 Å². The molecule has 0 radical (unpaired) electrons. The summed E-state index contributed by atoms with van der Waals surface area (Å²) in [4.78, 5) is 13.5. The first-order valence-electron chi connectivity index (χ1n) is 8.12. The molecule has 0 spiro atoms. The SMILES string of the molecule is N#Cc1cccc(CSCC(=O)Nc2sc3c(c2C#N)CCCC3)c1. The number of hydrogen-bond acceptors (Lipinski definition) is 5. The van der Waals surface area contributed by atoms with Gasteiger partial charge in [0.25, 0.3) is 0 Å². The molecular formula is C19H17N3OS2. The molecule has 1 heterocycles. The third-order valence-electron chi connectivity index (χ3n) is 4.09. The highest BCUT2D eigenvalue weighted by Crippen LogP contribution is 2.37. The molecule has 2 aromatic rings. The summed E-state index contributed by atoms with van der Waals surface area (Å²) >= 11 is 3.05. The van der Waals surface area contributed by atoms with Gasteiger partial charge in [0.1, 0.15) is 11.1 Å². The Hall–Kier alpha value is -2.28. The maximum absolute atomic E-state index is 12.2. The van der Waals surface area contributed by atoms with Crippen molar-refractivity contribution in [2.45, 2.75) is 31.4 Å². The van der Waals surface area contributed by atoms with E-state index in [9.17, 15) is 10.1 Å². The normalized spacial score (nSPS) is 12.7. The second-order valence-corrected chi connectivity index (χ2v) is 7.97. The molecule has 1 aliphatic rings. The minimum absolute atomic E-state index is 0.0865. The minimum Gasteiger partial charge on any atom is -0.316 e. The highest BCUT2D eigenvalue weighted by Gasteiger charge is 2.21. The zero-order valence-electron chi connectivity index (χ0n) is 13.7. The van der Waals surface area contributed by atoms with Gasteiger partial charge in [0.05, 0.1) is 22.9 Å². The fourth-order valence-corrected chi connectivity index (χ4v) is 4.96. The molecule has 0 aliphatic heterocycles. The number of nitrogens with one attached hydrogen (secondary N) is 1. The Bertz CT molecular complexity index is 874. The number of hydrogen-bond donors (Lipinski definition) is 1. The van der Waals surface area contributed by atoms with Crippen LogP contribution in [0, 0.1) is 22.7 Å². The number of carbonyl (C=O) groups excluding carboxylic acids is 1. The van der Waals surface area contributed by atoms with Crippen LogP contribution in [0.4, 0.5) is 5.00 Å². The van der Waals surface area contributed by atoms with Crippen LogP contribution in [0.5, 0.6) is 0 Å². The van der Waals surface area contributed by atoms with Crippen molar-refractivity contribution in [3.05, 3.63) is 51.4 Å². The monoisotopic (exact) mass is 367 g/mol. The molecule has 1 aliphatic carbocycles. The van der Waals surface area contributed by atoms with Gasteiger partial charge in [-0.25, -0.2) is 0 Å². The van der Waals surface area contributed by atoms with Gasteiger partial charge in [-0.15, -0.1) is 23.1 Å². The number of amides is 1. The van der Waals surface area contributed by atoms with Crippen LogP contribution in [-0.2, 0) is 23.4 Å². The lowest BCUT2D eigenvalue weighted by Crippen LogP contribution is -2.14. The molecule has 25 heavy (non-hydrogen) atoms. The molecule has 0 unspecified atom stereocenters.